The fourth-order valence-electron chi connectivity index (χ4n) is 1.90. The van der Waals surface area contributed by atoms with Gasteiger partial charge in [0.05, 0.1) is 0 Å². The summed E-state index contributed by atoms with van der Waals surface area (Å²) in [7, 11) is 0. The van der Waals surface area contributed by atoms with E-state index in [0.717, 1.165) is 11.6 Å². The summed E-state index contributed by atoms with van der Waals surface area (Å²) in [6.45, 7) is 4.61. The van der Waals surface area contributed by atoms with E-state index in [0.29, 0.717) is 12.2 Å². The van der Waals surface area contributed by atoms with E-state index in [1.165, 1.54) is 23.3 Å². The maximum absolute atomic E-state index is 13.0. The van der Waals surface area contributed by atoms with Crippen molar-refractivity contribution in [1.82, 2.24) is 0 Å². The van der Waals surface area contributed by atoms with Crippen LogP contribution < -0.4 is 5.32 Å². The lowest BCUT2D eigenvalue weighted by Crippen LogP contribution is -2.02. The Bertz CT molecular complexity index is 544. The van der Waals surface area contributed by atoms with Gasteiger partial charge in [0.1, 0.15) is 11.6 Å². The molecule has 0 radical (unpaired) electrons. The molecule has 2 aromatic rings. The molecule has 0 heterocycles. The van der Waals surface area contributed by atoms with Gasteiger partial charge in [-0.2, -0.15) is 0 Å². The molecule has 0 amide bonds. The summed E-state index contributed by atoms with van der Waals surface area (Å²) in [5.41, 5.74) is 3.94. The van der Waals surface area contributed by atoms with E-state index >= 15 is 0 Å². The average Bonchev–Trinajstić information content (AvgIpc) is 2.26. The van der Waals surface area contributed by atoms with Crippen LogP contribution in [0.3, 0.4) is 0 Å². The van der Waals surface area contributed by atoms with E-state index in [2.05, 4.69) is 11.4 Å². The zero-order valence-electron chi connectivity index (χ0n) is 10.4. The molecule has 1 nitrogen and oxygen atoms in total. The minimum Gasteiger partial charge on any atom is -0.381 e. The van der Waals surface area contributed by atoms with Gasteiger partial charge in [0, 0.05) is 18.3 Å². The summed E-state index contributed by atoms with van der Waals surface area (Å²) in [6, 6.07) is 9.56. The van der Waals surface area contributed by atoms with Crippen LogP contribution in [0.25, 0.3) is 0 Å². The summed E-state index contributed by atoms with van der Waals surface area (Å²) < 4.78 is 26.0. The van der Waals surface area contributed by atoms with E-state index in [4.69, 9.17) is 0 Å². The smallest absolute Gasteiger partial charge is 0.128 e. The summed E-state index contributed by atoms with van der Waals surface area (Å²) in [6.07, 6.45) is 0. The minimum atomic E-state index is -0.571. The van der Waals surface area contributed by atoms with Crippen molar-refractivity contribution < 1.29 is 8.78 Å². The minimum absolute atomic E-state index is 0.451. The van der Waals surface area contributed by atoms with Crippen molar-refractivity contribution in [3.8, 4) is 0 Å². The number of hydrogen-bond acceptors (Lipinski definition) is 1. The first kappa shape index (κ1) is 12.6. The lowest BCUT2D eigenvalue weighted by Gasteiger charge is -2.10. The molecule has 0 fully saturated rings. The summed E-state index contributed by atoms with van der Waals surface area (Å²) in [4.78, 5) is 0. The molecule has 1 N–H and O–H groups in total. The molecule has 94 valence electrons. The van der Waals surface area contributed by atoms with Crippen molar-refractivity contribution in [3.63, 3.8) is 0 Å². The molecule has 0 atom stereocenters. The van der Waals surface area contributed by atoms with E-state index in [1.807, 2.05) is 26.0 Å². The highest BCUT2D eigenvalue weighted by Gasteiger charge is 2.02. The van der Waals surface area contributed by atoms with Gasteiger partial charge in [0.25, 0.3) is 0 Å². The SMILES string of the molecule is Cc1ccc(CNc2cc(F)cc(F)c2)c(C)c1. The predicted octanol–water partition coefficient (Wildman–Crippen LogP) is 4.19. The van der Waals surface area contributed by atoms with Crippen LogP contribution >= 0.6 is 0 Å². The highest BCUT2D eigenvalue weighted by molar-refractivity contribution is 5.45. The molecule has 0 bridgehead atoms. The summed E-state index contributed by atoms with van der Waals surface area (Å²) in [5.74, 6) is -1.14. The van der Waals surface area contributed by atoms with E-state index in [1.54, 1.807) is 0 Å². The summed E-state index contributed by atoms with van der Waals surface area (Å²) >= 11 is 0. The Labute approximate surface area is 105 Å². The molecule has 0 aromatic heterocycles. The van der Waals surface area contributed by atoms with Gasteiger partial charge in [0.15, 0.2) is 0 Å². The van der Waals surface area contributed by atoms with Crippen LogP contribution in [0, 0.1) is 25.5 Å². The van der Waals surface area contributed by atoms with Gasteiger partial charge in [-0.05, 0) is 37.1 Å². The van der Waals surface area contributed by atoms with E-state index < -0.39 is 11.6 Å². The maximum atomic E-state index is 13.0. The quantitative estimate of drug-likeness (QED) is 0.857. The van der Waals surface area contributed by atoms with Crippen LogP contribution in [0.1, 0.15) is 16.7 Å². The fourth-order valence-corrected chi connectivity index (χ4v) is 1.90. The monoisotopic (exact) mass is 247 g/mol. The van der Waals surface area contributed by atoms with Crippen molar-refractivity contribution in [2.24, 2.45) is 0 Å². The second kappa shape index (κ2) is 5.17. The molecule has 2 rings (SSSR count). The zero-order chi connectivity index (χ0) is 13.1. The van der Waals surface area contributed by atoms with Crippen molar-refractivity contribution in [2.45, 2.75) is 20.4 Å². The van der Waals surface area contributed by atoms with Gasteiger partial charge >= 0.3 is 0 Å². The molecule has 18 heavy (non-hydrogen) atoms. The first-order chi connectivity index (χ1) is 8.54. The van der Waals surface area contributed by atoms with Crippen molar-refractivity contribution in [3.05, 3.63) is 64.7 Å². The van der Waals surface area contributed by atoms with Crippen molar-refractivity contribution in [2.75, 3.05) is 5.32 Å². The maximum Gasteiger partial charge on any atom is 0.128 e. The zero-order valence-corrected chi connectivity index (χ0v) is 10.4. The van der Waals surface area contributed by atoms with Crippen molar-refractivity contribution in [1.29, 1.82) is 0 Å². The second-order valence-corrected chi connectivity index (χ2v) is 4.44. The van der Waals surface area contributed by atoms with Crippen LogP contribution in [0.2, 0.25) is 0 Å². The number of rotatable bonds is 3. The topological polar surface area (TPSA) is 12.0 Å². The van der Waals surface area contributed by atoms with Gasteiger partial charge in [-0.25, -0.2) is 8.78 Å². The van der Waals surface area contributed by atoms with Crippen LogP contribution in [0.4, 0.5) is 14.5 Å². The Hall–Kier alpha value is -1.90. The lowest BCUT2D eigenvalue weighted by molar-refractivity contribution is 0.584. The molecule has 2 aromatic carbocycles. The first-order valence-electron chi connectivity index (χ1n) is 5.81. The van der Waals surface area contributed by atoms with E-state index in [9.17, 15) is 8.78 Å². The van der Waals surface area contributed by atoms with Gasteiger partial charge in [-0.1, -0.05) is 23.8 Å². The highest BCUT2D eigenvalue weighted by atomic mass is 19.1. The molecule has 0 saturated carbocycles. The molecule has 0 aliphatic rings. The van der Waals surface area contributed by atoms with Gasteiger partial charge in [-0.3, -0.25) is 0 Å². The Morgan fingerprint density at radius 1 is 0.944 bits per heavy atom. The number of anilines is 1. The molecule has 0 unspecified atom stereocenters. The number of benzene rings is 2. The van der Waals surface area contributed by atoms with Crippen LogP contribution in [-0.4, -0.2) is 0 Å². The molecular formula is C15H15F2N. The third-order valence-corrected chi connectivity index (χ3v) is 2.84. The molecule has 0 saturated heterocycles. The fraction of sp³-hybridized carbons (Fsp3) is 0.200. The van der Waals surface area contributed by atoms with Crippen LogP contribution in [0.5, 0.6) is 0 Å². The summed E-state index contributed by atoms with van der Waals surface area (Å²) in [5, 5.41) is 3.02. The Morgan fingerprint density at radius 2 is 1.61 bits per heavy atom. The van der Waals surface area contributed by atoms with Crippen molar-refractivity contribution >= 4 is 5.69 Å². The van der Waals surface area contributed by atoms with Gasteiger partial charge in [0.2, 0.25) is 0 Å². The lowest BCUT2D eigenvalue weighted by atomic mass is 10.1. The third kappa shape index (κ3) is 3.06. The molecule has 0 aliphatic heterocycles. The molecule has 0 spiro atoms. The van der Waals surface area contributed by atoms with Gasteiger partial charge in [-0.15, -0.1) is 0 Å². The third-order valence-electron chi connectivity index (χ3n) is 2.84. The predicted molar refractivity (Wildman–Crippen MR) is 69.6 cm³/mol. The number of hydrogen-bond donors (Lipinski definition) is 1. The second-order valence-electron chi connectivity index (χ2n) is 4.44. The van der Waals surface area contributed by atoms with Crippen LogP contribution in [-0.2, 0) is 6.54 Å². The average molecular weight is 247 g/mol. The Kier molecular flexibility index (Phi) is 3.60. The number of nitrogens with one attached hydrogen (secondary N) is 1. The molecule has 3 heteroatoms. The molecular weight excluding hydrogens is 232 g/mol. The normalized spacial score (nSPS) is 10.4. The Morgan fingerprint density at radius 3 is 2.22 bits per heavy atom. The Balaban J connectivity index is 2.11. The number of aryl methyl sites for hydroxylation is 2. The molecule has 0 aliphatic carbocycles. The van der Waals surface area contributed by atoms with Gasteiger partial charge < -0.3 is 5.32 Å². The van der Waals surface area contributed by atoms with Crippen LogP contribution in [0.15, 0.2) is 36.4 Å². The standard InChI is InChI=1S/C15H15F2N/c1-10-3-4-12(11(2)5-10)9-18-15-7-13(16)6-14(17)8-15/h3-8,18H,9H2,1-2H3. The largest absolute Gasteiger partial charge is 0.381 e. The number of halogens is 2. The van der Waals surface area contributed by atoms with E-state index in [-0.39, 0.29) is 0 Å². The first-order valence-corrected chi connectivity index (χ1v) is 5.81. The highest BCUT2D eigenvalue weighted by Crippen LogP contribution is 2.16.